The summed E-state index contributed by atoms with van der Waals surface area (Å²) in [7, 11) is 0. The second-order valence-electron chi connectivity index (χ2n) is 14.6. The molecular weight excluding hydrogens is 783 g/mol. The first kappa shape index (κ1) is 38.6. The Morgan fingerprint density at radius 2 is 0.816 bits per heavy atom. The van der Waals surface area contributed by atoms with Crippen LogP contribution in [-0.4, -0.2) is 11.4 Å². The maximum atomic E-state index is 12.3. The molecule has 1 aliphatic carbocycles. The van der Waals surface area contributed by atoms with Gasteiger partial charge in [-0.05, 0) is 109 Å². The van der Waals surface area contributed by atoms with E-state index in [0.29, 0.717) is 20.1 Å². The molecule has 0 heterocycles. The maximum Gasteiger partial charge on any atom is 2.00 e. The zero-order valence-electron chi connectivity index (χ0n) is 29.7. The molecule has 6 rings (SSSR count). The van der Waals surface area contributed by atoms with Gasteiger partial charge in [-0.25, -0.2) is 9.98 Å². The molecule has 49 heavy (non-hydrogen) atoms. The molecule has 0 aliphatic heterocycles. The largest absolute Gasteiger partial charge is 2.00 e. The van der Waals surface area contributed by atoms with Crippen LogP contribution >= 0.6 is 31.9 Å². The fraction of sp³-hybridized carbons (Fsp3) is 0.286. The Labute approximate surface area is 318 Å². The first-order valence-corrected chi connectivity index (χ1v) is 17.7. The van der Waals surface area contributed by atoms with E-state index in [1.54, 1.807) is 0 Å². The number of hydrogen-bond donors (Lipinski definition) is 0. The van der Waals surface area contributed by atoms with Gasteiger partial charge in [0, 0.05) is 25.5 Å². The Kier molecular flexibility index (Phi) is 11.4. The number of nitrogens with zero attached hydrogens (tertiary/aromatic N) is 2. The van der Waals surface area contributed by atoms with E-state index in [1.807, 2.05) is 41.5 Å². The average molecular weight is 825 g/mol. The van der Waals surface area contributed by atoms with Gasteiger partial charge in [0.1, 0.15) is 0 Å². The van der Waals surface area contributed by atoms with E-state index < -0.39 is 11.5 Å². The molecule has 5 aromatic carbocycles. The first-order valence-electron chi connectivity index (χ1n) is 16.2. The second kappa shape index (κ2) is 14.5. The maximum absolute atomic E-state index is 12.3. The number of para-hydroxylation sites is 2. The van der Waals surface area contributed by atoms with Crippen LogP contribution in [0.25, 0.3) is 10.8 Å². The van der Waals surface area contributed by atoms with Gasteiger partial charge in [0.25, 0.3) is 0 Å². The Hall–Kier alpha value is -3.25. The van der Waals surface area contributed by atoms with Crippen molar-refractivity contribution in [3.63, 3.8) is 0 Å². The predicted octanol–water partition coefficient (Wildman–Crippen LogP) is 11.3. The topological polar surface area (TPSA) is 70.8 Å². The molecule has 4 nitrogen and oxygen atoms in total. The summed E-state index contributed by atoms with van der Waals surface area (Å²) in [4.78, 5) is 10.4. The summed E-state index contributed by atoms with van der Waals surface area (Å²) in [6.45, 7) is 20.1. The average Bonchev–Trinajstić information content (AvgIpc) is 3.28. The molecule has 0 amide bonds. The van der Waals surface area contributed by atoms with Crippen molar-refractivity contribution >= 4 is 65.4 Å². The van der Waals surface area contributed by atoms with Crippen LogP contribution in [0, 0.1) is 27.7 Å². The third-order valence-corrected chi connectivity index (χ3v) is 10.9. The monoisotopic (exact) mass is 822 g/mol. The molecular formula is C42H42Br2N2NiO2. The van der Waals surface area contributed by atoms with Crippen LogP contribution in [0.2, 0.25) is 0 Å². The summed E-state index contributed by atoms with van der Waals surface area (Å²) in [5, 5.41) is 27.1. The van der Waals surface area contributed by atoms with Crippen molar-refractivity contribution < 1.29 is 26.7 Å². The summed E-state index contributed by atoms with van der Waals surface area (Å²) in [5.41, 5.74) is 11.4. The van der Waals surface area contributed by atoms with Gasteiger partial charge in [-0.2, -0.15) is 0 Å². The van der Waals surface area contributed by atoms with Crippen molar-refractivity contribution in [2.45, 2.75) is 80.1 Å². The minimum Gasteiger partial charge on any atom is -0.873 e. The molecule has 0 bridgehead atoms. The number of aryl methyl sites for hydroxylation is 4. The molecule has 0 fully saturated rings. The second-order valence-corrected chi connectivity index (χ2v) is 16.2. The third-order valence-electron chi connectivity index (χ3n) is 8.76. The van der Waals surface area contributed by atoms with Gasteiger partial charge < -0.3 is 10.2 Å². The van der Waals surface area contributed by atoms with Gasteiger partial charge in [0.05, 0.1) is 22.8 Å². The van der Waals surface area contributed by atoms with Crippen molar-refractivity contribution in [1.29, 1.82) is 0 Å². The van der Waals surface area contributed by atoms with Crippen LogP contribution in [0.15, 0.2) is 91.7 Å². The van der Waals surface area contributed by atoms with Crippen molar-refractivity contribution in [2.75, 3.05) is 0 Å². The molecule has 0 saturated carbocycles. The van der Waals surface area contributed by atoms with Crippen molar-refractivity contribution in [2.24, 2.45) is 9.98 Å². The predicted molar refractivity (Wildman–Crippen MR) is 206 cm³/mol. The fourth-order valence-corrected chi connectivity index (χ4v) is 8.34. The van der Waals surface area contributed by atoms with Crippen molar-refractivity contribution in [3.8, 4) is 11.5 Å². The fourth-order valence-electron chi connectivity index (χ4n) is 6.39. The number of halogens is 2. The first-order chi connectivity index (χ1) is 22.4. The van der Waals surface area contributed by atoms with Gasteiger partial charge >= 0.3 is 16.5 Å². The van der Waals surface area contributed by atoms with E-state index >= 15 is 0 Å². The Morgan fingerprint density at radius 1 is 0.510 bits per heavy atom. The SMILES string of the molecule is CC(C)(C)c1c([O-])c([O-])c(C(C)(C)C)c(Br)c1Br.Cc1cccc(C)c1N=C1C(=Nc2c(C)cccc2C)c2cccc3cccc1c23.[Ni+2]. The molecule has 5 aromatic rings. The smallest absolute Gasteiger partial charge is 0.873 e. The van der Waals surface area contributed by atoms with Crippen LogP contribution in [0.3, 0.4) is 0 Å². The summed E-state index contributed by atoms with van der Waals surface area (Å²) in [6.07, 6.45) is 0. The van der Waals surface area contributed by atoms with Gasteiger partial charge in [-0.1, -0.05) is 114 Å². The van der Waals surface area contributed by atoms with Crippen LogP contribution in [0.1, 0.15) is 86.1 Å². The summed E-state index contributed by atoms with van der Waals surface area (Å²) < 4.78 is 1.40. The number of aliphatic imine (C=N–C) groups is 2. The zero-order chi connectivity index (χ0) is 35.3. The zero-order valence-corrected chi connectivity index (χ0v) is 33.9. The minimum atomic E-state index is -0.400. The Bertz CT molecular complexity index is 1920. The Morgan fingerprint density at radius 3 is 1.12 bits per heavy atom. The third kappa shape index (κ3) is 7.45. The molecule has 256 valence electrons. The normalized spacial score (nSPS) is 14.2. The quantitative estimate of drug-likeness (QED) is 0.166. The van der Waals surface area contributed by atoms with E-state index in [4.69, 9.17) is 9.98 Å². The Balaban J connectivity index is 0.000000246. The van der Waals surface area contributed by atoms with Gasteiger partial charge in [-0.15, -0.1) is 11.5 Å². The summed E-state index contributed by atoms with van der Waals surface area (Å²) in [5.74, 6) is -0.801. The molecule has 0 atom stereocenters. The van der Waals surface area contributed by atoms with E-state index in [0.717, 1.165) is 33.9 Å². The molecule has 0 radical (unpaired) electrons. The van der Waals surface area contributed by atoms with Crippen molar-refractivity contribution in [1.82, 2.24) is 0 Å². The standard InChI is InChI=1S/C28H24N2.C14H20Br2O2.Ni/c1-17-9-5-10-18(2)25(17)29-27-22-15-7-13-21-14-8-16-23(24(21)22)28(27)30-26-19(3)11-6-12-20(26)4;1-13(2,3)7-9(15)10(16)8(14(4,5)6)12(18)11(7)17;/h5-16H,1-4H3;17-18H,1-6H3;/q;;+2/p-2. The number of benzene rings is 5. The minimum absolute atomic E-state index is 0. The van der Waals surface area contributed by atoms with E-state index in [1.165, 1.54) is 33.0 Å². The molecule has 0 spiro atoms. The van der Waals surface area contributed by atoms with Crippen LogP contribution < -0.4 is 10.2 Å². The van der Waals surface area contributed by atoms with E-state index in [9.17, 15) is 10.2 Å². The number of rotatable bonds is 2. The van der Waals surface area contributed by atoms with Crippen LogP contribution in [-0.2, 0) is 27.3 Å². The van der Waals surface area contributed by atoms with E-state index in [-0.39, 0.29) is 27.3 Å². The van der Waals surface area contributed by atoms with Gasteiger partial charge in [-0.3, -0.25) is 0 Å². The van der Waals surface area contributed by atoms with Crippen LogP contribution in [0.5, 0.6) is 11.5 Å². The molecule has 0 unspecified atom stereocenters. The summed E-state index contributed by atoms with van der Waals surface area (Å²) >= 11 is 6.92. The molecule has 7 heteroatoms. The van der Waals surface area contributed by atoms with Gasteiger partial charge in [0.2, 0.25) is 0 Å². The van der Waals surface area contributed by atoms with Gasteiger partial charge in [0.15, 0.2) is 0 Å². The molecule has 0 aromatic heterocycles. The molecule has 1 aliphatic rings. The summed E-state index contributed by atoms with van der Waals surface area (Å²) in [6, 6.07) is 25.6. The van der Waals surface area contributed by atoms with Crippen LogP contribution in [0.4, 0.5) is 11.4 Å². The number of hydrogen-bond acceptors (Lipinski definition) is 4. The van der Waals surface area contributed by atoms with E-state index in [2.05, 4.69) is 132 Å². The molecule has 0 N–H and O–H groups in total. The van der Waals surface area contributed by atoms with Crippen molar-refractivity contribution in [3.05, 3.63) is 126 Å². The molecule has 0 saturated heterocycles.